The molecule has 1 amide bonds. The van der Waals surface area contributed by atoms with E-state index in [1.165, 1.54) is 10.4 Å². The number of rotatable bonds is 5. The van der Waals surface area contributed by atoms with Crippen LogP contribution in [0.4, 0.5) is 5.69 Å². The van der Waals surface area contributed by atoms with Gasteiger partial charge in [0.25, 0.3) is 5.91 Å². The molecule has 29 heavy (non-hydrogen) atoms. The molecule has 1 heterocycles. The predicted octanol–water partition coefficient (Wildman–Crippen LogP) is 3.31. The Labute approximate surface area is 173 Å². The first-order valence-corrected chi connectivity index (χ1v) is 11.3. The summed E-state index contributed by atoms with van der Waals surface area (Å²) < 4.78 is 27.5. The van der Waals surface area contributed by atoms with Gasteiger partial charge in [-0.2, -0.15) is 4.31 Å². The van der Waals surface area contributed by atoms with Crippen molar-refractivity contribution in [2.75, 3.05) is 38.5 Å². The molecule has 7 heteroatoms. The standard InChI is InChI=1S/C22H29N3O3S/c1-16(2)20-10-5-7-17(3)21(20)23-22(26)18-8-6-9-19(15-18)29(27,28)25-13-11-24(4)12-14-25/h5-10,15-16H,11-14H2,1-4H3,(H,23,26). The Balaban J connectivity index is 1.86. The lowest BCUT2D eigenvalue weighted by atomic mass is 9.98. The number of hydrogen-bond acceptors (Lipinski definition) is 4. The Morgan fingerprint density at radius 1 is 1.03 bits per heavy atom. The van der Waals surface area contributed by atoms with E-state index in [1.54, 1.807) is 18.2 Å². The van der Waals surface area contributed by atoms with Gasteiger partial charge in [0.1, 0.15) is 0 Å². The molecule has 1 N–H and O–H groups in total. The number of nitrogens with one attached hydrogen (secondary N) is 1. The van der Waals surface area contributed by atoms with E-state index in [4.69, 9.17) is 0 Å². The molecule has 6 nitrogen and oxygen atoms in total. The Kier molecular flexibility index (Phi) is 6.41. The van der Waals surface area contributed by atoms with Crippen LogP contribution in [-0.2, 0) is 10.0 Å². The number of amides is 1. The number of aryl methyl sites for hydroxylation is 1. The van der Waals surface area contributed by atoms with Crippen LogP contribution < -0.4 is 5.32 Å². The molecule has 0 unspecified atom stereocenters. The van der Waals surface area contributed by atoms with Gasteiger partial charge in [-0.25, -0.2) is 8.42 Å². The van der Waals surface area contributed by atoms with E-state index >= 15 is 0 Å². The van der Waals surface area contributed by atoms with E-state index in [0.29, 0.717) is 31.7 Å². The third-order valence-electron chi connectivity index (χ3n) is 5.36. The van der Waals surface area contributed by atoms with Crippen molar-refractivity contribution in [3.8, 4) is 0 Å². The highest BCUT2D eigenvalue weighted by Gasteiger charge is 2.28. The van der Waals surface area contributed by atoms with Crippen molar-refractivity contribution in [3.63, 3.8) is 0 Å². The van der Waals surface area contributed by atoms with Gasteiger partial charge in [-0.15, -0.1) is 0 Å². The number of benzene rings is 2. The van der Waals surface area contributed by atoms with Crippen LogP contribution in [0, 0.1) is 6.92 Å². The molecule has 2 aromatic carbocycles. The van der Waals surface area contributed by atoms with Crippen molar-refractivity contribution in [2.24, 2.45) is 0 Å². The quantitative estimate of drug-likeness (QED) is 0.813. The van der Waals surface area contributed by atoms with Crippen molar-refractivity contribution < 1.29 is 13.2 Å². The SMILES string of the molecule is Cc1cccc(C(C)C)c1NC(=O)c1cccc(S(=O)(=O)N2CCN(C)CC2)c1. The normalized spacial score (nSPS) is 16.2. The summed E-state index contributed by atoms with van der Waals surface area (Å²) in [5.74, 6) is -0.0502. The topological polar surface area (TPSA) is 69.7 Å². The van der Waals surface area contributed by atoms with E-state index in [-0.39, 0.29) is 16.7 Å². The van der Waals surface area contributed by atoms with Gasteiger partial charge in [0.15, 0.2) is 0 Å². The molecule has 0 spiro atoms. The zero-order chi connectivity index (χ0) is 21.2. The third-order valence-corrected chi connectivity index (χ3v) is 7.26. The lowest BCUT2D eigenvalue weighted by Gasteiger charge is -2.31. The number of likely N-dealkylation sites (N-methyl/N-ethyl adjacent to an activating group) is 1. The molecule has 3 rings (SSSR count). The molecule has 0 saturated carbocycles. The maximum atomic E-state index is 13.0. The second-order valence-electron chi connectivity index (χ2n) is 7.88. The van der Waals surface area contributed by atoms with Crippen LogP contribution in [0.25, 0.3) is 0 Å². The average Bonchev–Trinajstić information content (AvgIpc) is 2.69. The van der Waals surface area contributed by atoms with Crippen LogP contribution in [0.1, 0.15) is 41.3 Å². The molecular formula is C22H29N3O3S. The Morgan fingerprint density at radius 2 is 1.69 bits per heavy atom. The summed E-state index contributed by atoms with van der Waals surface area (Å²) in [5.41, 5.74) is 3.16. The zero-order valence-corrected chi connectivity index (χ0v) is 18.3. The molecule has 0 bridgehead atoms. The average molecular weight is 416 g/mol. The van der Waals surface area contributed by atoms with Crippen LogP contribution >= 0.6 is 0 Å². The summed E-state index contributed by atoms with van der Waals surface area (Å²) in [6.07, 6.45) is 0. The molecule has 1 aliphatic heterocycles. The van der Waals surface area contributed by atoms with Crippen LogP contribution in [0.3, 0.4) is 0 Å². The van der Waals surface area contributed by atoms with E-state index < -0.39 is 10.0 Å². The van der Waals surface area contributed by atoms with Gasteiger partial charge in [0, 0.05) is 37.4 Å². The summed E-state index contributed by atoms with van der Waals surface area (Å²) in [4.78, 5) is 15.2. The molecule has 1 saturated heterocycles. The maximum absolute atomic E-state index is 13.0. The van der Waals surface area contributed by atoms with Gasteiger partial charge in [-0.05, 0) is 49.2 Å². The largest absolute Gasteiger partial charge is 0.321 e. The highest BCUT2D eigenvalue weighted by atomic mass is 32.2. The van der Waals surface area contributed by atoms with Crippen LogP contribution in [-0.4, -0.2) is 56.8 Å². The van der Waals surface area contributed by atoms with Crippen molar-refractivity contribution in [3.05, 3.63) is 59.2 Å². The minimum absolute atomic E-state index is 0.156. The fraction of sp³-hybridized carbons (Fsp3) is 0.409. The molecular weight excluding hydrogens is 386 g/mol. The Morgan fingerprint density at radius 3 is 2.34 bits per heavy atom. The number of nitrogens with zero attached hydrogens (tertiary/aromatic N) is 2. The number of sulfonamides is 1. The smallest absolute Gasteiger partial charge is 0.255 e. The first kappa shape index (κ1) is 21.5. The first-order valence-electron chi connectivity index (χ1n) is 9.90. The number of carbonyl (C=O) groups is 1. The highest BCUT2D eigenvalue weighted by molar-refractivity contribution is 7.89. The summed E-state index contributed by atoms with van der Waals surface area (Å²) in [6.45, 7) is 8.42. The first-order chi connectivity index (χ1) is 13.7. The summed E-state index contributed by atoms with van der Waals surface area (Å²) >= 11 is 0. The monoisotopic (exact) mass is 415 g/mol. The second-order valence-corrected chi connectivity index (χ2v) is 9.82. The van der Waals surface area contributed by atoms with Crippen molar-refractivity contribution in [1.82, 2.24) is 9.21 Å². The molecule has 1 aliphatic rings. The number of piperazine rings is 1. The lowest BCUT2D eigenvalue weighted by molar-refractivity contribution is 0.102. The molecule has 0 aliphatic carbocycles. The predicted molar refractivity (Wildman–Crippen MR) is 116 cm³/mol. The van der Waals surface area contributed by atoms with Gasteiger partial charge in [-0.1, -0.05) is 38.1 Å². The van der Waals surface area contributed by atoms with Gasteiger partial charge >= 0.3 is 0 Å². The van der Waals surface area contributed by atoms with Gasteiger partial charge in [0.2, 0.25) is 10.0 Å². The van der Waals surface area contributed by atoms with E-state index in [0.717, 1.165) is 16.8 Å². The van der Waals surface area contributed by atoms with Crippen LogP contribution in [0.2, 0.25) is 0 Å². The van der Waals surface area contributed by atoms with E-state index in [9.17, 15) is 13.2 Å². The van der Waals surface area contributed by atoms with Gasteiger partial charge in [0.05, 0.1) is 4.90 Å². The van der Waals surface area contributed by atoms with Crippen molar-refractivity contribution in [2.45, 2.75) is 31.6 Å². The molecule has 1 fully saturated rings. The maximum Gasteiger partial charge on any atom is 0.255 e. The number of carbonyl (C=O) groups excluding carboxylic acids is 1. The zero-order valence-electron chi connectivity index (χ0n) is 17.5. The fourth-order valence-electron chi connectivity index (χ4n) is 3.50. The third kappa shape index (κ3) is 4.69. The van der Waals surface area contributed by atoms with Crippen LogP contribution in [0.5, 0.6) is 0 Å². The minimum Gasteiger partial charge on any atom is -0.321 e. The van der Waals surface area contributed by atoms with Crippen molar-refractivity contribution in [1.29, 1.82) is 0 Å². The van der Waals surface area contributed by atoms with E-state index in [1.807, 2.05) is 32.2 Å². The van der Waals surface area contributed by atoms with Gasteiger partial charge in [-0.3, -0.25) is 4.79 Å². The summed E-state index contributed by atoms with van der Waals surface area (Å²) in [6, 6.07) is 12.2. The van der Waals surface area contributed by atoms with E-state index in [2.05, 4.69) is 24.1 Å². The minimum atomic E-state index is -3.62. The summed E-state index contributed by atoms with van der Waals surface area (Å²) in [5, 5.41) is 2.99. The fourth-order valence-corrected chi connectivity index (χ4v) is 4.97. The number of anilines is 1. The summed E-state index contributed by atoms with van der Waals surface area (Å²) in [7, 11) is -1.64. The lowest BCUT2D eigenvalue weighted by Crippen LogP contribution is -2.47. The molecule has 0 atom stereocenters. The number of hydrogen-bond donors (Lipinski definition) is 1. The Bertz CT molecular complexity index is 994. The second kappa shape index (κ2) is 8.65. The highest BCUT2D eigenvalue weighted by Crippen LogP contribution is 2.28. The molecule has 0 aromatic heterocycles. The molecule has 0 radical (unpaired) electrons. The van der Waals surface area contributed by atoms with Gasteiger partial charge < -0.3 is 10.2 Å². The molecule has 156 valence electrons. The van der Waals surface area contributed by atoms with Crippen LogP contribution in [0.15, 0.2) is 47.4 Å². The Hall–Kier alpha value is -2.22. The van der Waals surface area contributed by atoms with Crippen molar-refractivity contribution >= 4 is 21.6 Å². The molecule has 2 aromatic rings. The number of para-hydroxylation sites is 1.